The first-order chi connectivity index (χ1) is 9.66. The van der Waals surface area contributed by atoms with Crippen molar-refractivity contribution < 1.29 is 9.59 Å². The molecule has 3 rings (SSSR count). The van der Waals surface area contributed by atoms with E-state index in [9.17, 15) is 9.59 Å². The molecule has 21 heavy (non-hydrogen) atoms. The van der Waals surface area contributed by atoms with E-state index in [0.29, 0.717) is 19.0 Å². The van der Waals surface area contributed by atoms with Crippen molar-refractivity contribution >= 4 is 24.2 Å². The second-order valence-corrected chi connectivity index (χ2v) is 6.47. The first-order valence-corrected chi connectivity index (χ1v) is 7.97. The van der Waals surface area contributed by atoms with Crippen LogP contribution in [0.5, 0.6) is 0 Å². The van der Waals surface area contributed by atoms with E-state index in [2.05, 4.69) is 12.2 Å². The molecule has 0 bridgehead atoms. The standard InChI is InChI=1S/C15H25N3O2.ClH/c1-11-9-16-6-7-17(11)15(20)12-8-14(19)18(10-12)13-4-2-3-5-13;/h11-13,16H,2-10H2,1H3;1H/t11-,12?;/m0./s1. The topological polar surface area (TPSA) is 52.7 Å². The lowest BCUT2D eigenvalue weighted by Crippen LogP contribution is -2.54. The molecule has 0 aromatic carbocycles. The van der Waals surface area contributed by atoms with E-state index in [4.69, 9.17) is 0 Å². The van der Waals surface area contributed by atoms with E-state index < -0.39 is 0 Å². The number of carbonyl (C=O) groups is 2. The summed E-state index contributed by atoms with van der Waals surface area (Å²) < 4.78 is 0. The number of hydrogen-bond acceptors (Lipinski definition) is 3. The molecular formula is C15H26ClN3O2. The Morgan fingerprint density at radius 3 is 2.67 bits per heavy atom. The van der Waals surface area contributed by atoms with Gasteiger partial charge in [-0.3, -0.25) is 9.59 Å². The third-order valence-corrected chi connectivity index (χ3v) is 5.06. The Morgan fingerprint density at radius 1 is 1.29 bits per heavy atom. The fourth-order valence-corrected chi connectivity index (χ4v) is 3.87. The van der Waals surface area contributed by atoms with Crippen LogP contribution < -0.4 is 5.32 Å². The van der Waals surface area contributed by atoms with E-state index in [0.717, 1.165) is 32.5 Å². The number of hydrogen-bond donors (Lipinski definition) is 1. The first-order valence-electron chi connectivity index (χ1n) is 7.97. The average molecular weight is 316 g/mol. The number of rotatable bonds is 2. The second-order valence-electron chi connectivity index (χ2n) is 6.47. The fraction of sp³-hybridized carbons (Fsp3) is 0.867. The van der Waals surface area contributed by atoms with Crippen LogP contribution in [0, 0.1) is 5.92 Å². The van der Waals surface area contributed by atoms with Crippen molar-refractivity contribution in [3.05, 3.63) is 0 Å². The van der Waals surface area contributed by atoms with E-state index in [-0.39, 0.29) is 36.2 Å². The maximum Gasteiger partial charge on any atom is 0.228 e. The number of carbonyl (C=O) groups excluding carboxylic acids is 2. The van der Waals surface area contributed by atoms with Gasteiger partial charge in [-0.05, 0) is 19.8 Å². The molecule has 120 valence electrons. The summed E-state index contributed by atoms with van der Waals surface area (Å²) in [7, 11) is 0. The quantitative estimate of drug-likeness (QED) is 0.828. The predicted molar refractivity (Wildman–Crippen MR) is 83.4 cm³/mol. The van der Waals surface area contributed by atoms with Gasteiger partial charge in [0, 0.05) is 44.7 Å². The van der Waals surface area contributed by atoms with Gasteiger partial charge in [0.05, 0.1) is 5.92 Å². The Labute approximate surface area is 132 Å². The van der Waals surface area contributed by atoms with E-state index >= 15 is 0 Å². The smallest absolute Gasteiger partial charge is 0.228 e. The molecule has 1 N–H and O–H groups in total. The van der Waals surface area contributed by atoms with Gasteiger partial charge < -0.3 is 15.1 Å². The Kier molecular flexibility index (Phi) is 5.49. The lowest BCUT2D eigenvalue weighted by molar-refractivity contribution is -0.138. The molecule has 2 heterocycles. The third-order valence-electron chi connectivity index (χ3n) is 5.06. The van der Waals surface area contributed by atoms with Crippen molar-refractivity contribution in [3.8, 4) is 0 Å². The molecule has 0 spiro atoms. The van der Waals surface area contributed by atoms with Crippen molar-refractivity contribution in [2.24, 2.45) is 5.92 Å². The molecule has 2 atom stereocenters. The van der Waals surface area contributed by atoms with E-state index in [1.807, 2.05) is 9.80 Å². The molecule has 1 aliphatic carbocycles. The number of piperazine rings is 1. The van der Waals surface area contributed by atoms with E-state index in [1.165, 1.54) is 12.8 Å². The van der Waals surface area contributed by atoms with Crippen LogP contribution in [0.4, 0.5) is 0 Å². The zero-order chi connectivity index (χ0) is 14.1. The largest absolute Gasteiger partial charge is 0.339 e. The minimum Gasteiger partial charge on any atom is -0.339 e. The maximum atomic E-state index is 12.6. The molecule has 0 aromatic rings. The summed E-state index contributed by atoms with van der Waals surface area (Å²) in [5.41, 5.74) is 0. The predicted octanol–water partition coefficient (Wildman–Crippen LogP) is 1.02. The van der Waals surface area contributed by atoms with Gasteiger partial charge in [0.25, 0.3) is 0 Å². The zero-order valence-electron chi connectivity index (χ0n) is 12.7. The van der Waals surface area contributed by atoms with Crippen molar-refractivity contribution in [2.75, 3.05) is 26.2 Å². The van der Waals surface area contributed by atoms with Crippen LogP contribution in [0.2, 0.25) is 0 Å². The molecule has 2 amide bonds. The minimum atomic E-state index is -0.108. The normalized spacial score (nSPS) is 30.6. The summed E-state index contributed by atoms with van der Waals surface area (Å²) in [4.78, 5) is 28.8. The Hall–Kier alpha value is -0.810. The molecule has 5 nitrogen and oxygen atoms in total. The Balaban J connectivity index is 0.00000161. The number of halogens is 1. The highest BCUT2D eigenvalue weighted by atomic mass is 35.5. The molecule has 6 heteroatoms. The molecule has 0 aromatic heterocycles. The van der Waals surface area contributed by atoms with Crippen LogP contribution in [-0.2, 0) is 9.59 Å². The van der Waals surface area contributed by atoms with Gasteiger partial charge in [0.1, 0.15) is 0 Å². The van der Waals surface area contributed by atoms with Crippen molar-refractivity contribution in [1.29, 1.82) is 0 Å². The summed E-state index contributed by atoms with van der Waals surface area (Å²) in [6.07, 6.45) is 5.11. The van der Waals surface area contributed by atoms with Crippen molar-refractivity contribution in [2.45, 2.75) is 51.1 Å². The first kappa shape index (κ1) is 16.6. The lowest BCUT2D eigenvalue weighted by Gasteiger charge is -2.35. The number of nitrogens with one attached hydrogen (secondary N) is 1. The van der Waals surface area contributed by atoms with Crippen LogP contribution in [0.25, 0.3) is 0 Å². The maximum absolute atomic E-state index is 12.6. The van der Waals surface area contributed by atoms with Gasteiger partial charge in [-0.25, -0.2) is 0 Å². The molecule has 3 aliphatic rings. The average Bonchev–Trinajstić information content (AvgIpc) is 3.07. The molecule has 2 aliphatic heterocycles. The molecule has 2 saturated heterocycles. The zero-order valence-corrected chi connectivity index (χ0v) is 13.5. The summed E-state index contributed by atoms with van der Waals surface area (Å²) in [6.45, 7) is 5.23. The SMILES string of the molecule is C[C@H]1CNCCN1C(=O)C1CC(=O)N(C2CCCC2)C1.Cl. The van der Waals surface area contributed by atoms with Gasteiger partial charge in [-0.15, -0.1) is 12.4 Å². The fourth-order valence-electron chi connectivity index (χ4n) is 3.87. The molecule has 1 unspecified atom stereocenters. The van der Waals surface area contributed by atoms with Crippen molar-refractivity contribution in [3.63, 3.8) is 0 Å². The third kappa shape index (κ3) is 3.34. The Bertz CT molecular complexity index is 398. The van der Waals surface area contributed by atoms with Crippen LogP contribution >= 0.6 is 12.4 Å². The molecular weight excluding hydrogens is 290 g/mol. The molecule has 3 fully saturated rings. The van der Waals surface area contributed by atoms with E-state index in [1.54, 1.807) is 0 Å². The Morgan fingerprint density at radius 2 is 2.00 bits per heavy atom. The highest BCUT2D eigenvalue weighted by Gasteiger charge is 2.41. The van der Waals surface area contributed by atoms with Crippen LogP contribution in [-0.4, -0.2) is 59.9 Å². The summed E-state index contributed by atoms with van der Waals surface area (Å²) in [6, 6.07) is 0.646. The van der Waals surface area contributed by atoms with Gasteiger partial charge in [-0.1, -0.05) is 12.8 Å². The molecule has 1 saturated carbocycles. The lowest BCUT2D eigenvalue weighted by atomic mass is 10.0. The van der Waals surface area contributed by atoms with Crippen LogP contribution in [0.15, 0.2) is 0 Å². The summed E-state index contributed by atoms with van der Waals surface area (Å²) in [5, 5.41) is 3.30. The summed E-state index contributed by atoms with van der Waals surface area (Å²) >= 11 is 0. The number of nitrogens with zero attached hydrogens (tertiary/aromatic N) is 2. The van der Waals surface area contributed by atoms with Gasteiger partial charge in [-0.2, -0.15) is 0 Å². The monoisotopic (exact) mass is 315 g/mol. The van der Waals surface area contributed by atoms with Crippen LogP contribution in [0.3, 0.4) is 0 Å². The van der Waals surface area contributed by atoms with Gasteiger partial charge >= 0.3 is 0 Å². The van der Waals surface area contributed by atoms with Crippen LogP contribution in [0.1, 0.15) is 39.0 Å². The minimum absolute atomic E-state index is 0. The van der Waals surface area contributed by atoms with Gasteiger partial charge in [0.2, 0.25) is 11.8 Å². The van der Waals surface area contributed by atoms with Crippen molar-refractivity contribution in [1.82, 2.24) is 15.1 Å². The highest BCUT2D eigenvalue weighted by molar-refractivity contribution is 5.89. The second kappa shape index (κ2) is 6.97. The molecule has 0 radical (unpaired) electrons. The van der Waals surface area contributed by atoms with Gasteiger partial charge in [0.15, 0.2) is 0 Å². The number of amides is 2. The summed E-state index contributed by atoms with van der Waals surface area (Å²) in [5.74, 6) is 0.273. The number of likely N-dealkylation sites (tertiary alicyclic amines) is 1. The highest BCUT2D eigenvalue weighted by Crippen LogP contribution is 2.30.